The van der Waals surface area contributed by atoms with Crippen LogP contribution in [0.3, 0.4) is 0 Å². The number of benzene rings is 1. The normalized spacial score (nSPS) is 12.0. The van der Waals surface area contributed by atoms with E-state index in [2.05, 4.69) is 5.32 Å². The number of carbonyl (C=O) groups is 2. The van der Waals surface area contributed by atoms with Crippen molar-refractivity contribution in [2.24, 2.45) is 0 Å². The zero-order chi connectivity index (χ0) is 17.2. The second-order valence-corrected chi connectivity index (χ2v) is 5.41. The van der Waals surface area contributed by atoms with Gasteiger partial charge >= 0.3 is 0 Å². The molecule has 0 heterocycles. The molecule has 1 aromatic carbocycles. The summed E-state index contributed by atoms with van der Waals surface area (Å²) in [7, 11) is 0. The standard InChI is InChI=1S/C15H21ClN2O5/c1-10-2-3-11(8-12(10)16)18-14(20)9-13(15(21)22)17-4-6-23-7-5-19/h2-3,8,13,17,19H,4-7,9H2,1H3,(H,18,20)(H,21,22)/t13-/m0/s1. The maximum atomic E-state index is 11.9. The topological polar surface area (TPSA) is 115 Å². The summed E-state index contributed by atoms with van der Waals surface area (Å²) in [5.74, 6) is -1.75. The lowest BCUT2D eigenvalue weighted by molar-refractivity contribution is -0.683. The zero-order valence-electron chi connectivity index (χ0n) is 12.9. The molecule has 128 valence electrons. The average molecular weight is 345 g/mol. The molecule has 0 saturated heterocycles. The highest BCUT2D eigenvalue weighted by Gasteiger charge is 2.18. The van der Waals surface area contributed by atoms with E-state index in [9.17, 15) is 14.7 Å². The van der Waals surface area contributed by atoms with E-state index in [4.69, 9.17) is 21.4 Å². The van der Waals surface area contributed by atoms with Crippen molar-refractivity contribution in [3.05, 3.63) is 28.8 Å². The Morgan fingerprint density at radius 1 is 1.43 bits per heavy atom. The van der Waals surface area contributed by atoms with E-state index in [1.54, 1.807) is 18.2 Å². The molecule has 0 aliphatic rings. The molecule has 0 fully saturated rings. The van der Waals surface area contributed by atoms with Gasteiger partial charge < -0.3 is 30.4 Å². The van der Waals surface area contributed by atoms with Gasteiger partial charge in [-0.25, -0.2) is 0 Å². The summed E-state index contributed by atoms with van der Waals surface area (Å²) < 4.78 is 5.03. The summed E-state index contributed by atoms with van der Waals surface area (Å²) in [5.41, 5.74) is 1.39. The summed E-state index contributed by atoms with van der Waals surface area (Å²) in [6.07, 6.45) is -0.228. The van der Waals surface area contributed by atoms with Crippen LogP contribution in [0.25, 0.3) is 0 Å². The molecule has 1 rings (SSSR count). The van der Waals surface area contributed by atoms with Crippen molar-refractivity contribution in [3.63, 3.8) is 0 Å². The molecule has 8 heteroatoms. The first-order chi connectivity index (χ1) is 10.9. The predicted molar refractivity (Wildman–Crippen MR) is 82.9 cm³/mol. The monoisotopic (exact) mass is 344 g/mol. The van der Waals surface area contributed by atoms with E-state index in [0.717, 1.165) is 5.56 Å². The summed E-state index contributed by atoms with van der Waals surface area (Å²) in [5, 5.41) is 24.2. The maximum absolute atomic E-state index is 11.9. The molecular formula is C15H21ClN2O5. The smallest absolute Gasteiger partial charge is 0.230 e. The van der Waals surface area contributed by atoms with Gasteiger partial charge in [-0.15, -0.1) is 0 Å². The van der Waals surface area contributed by atoms with Crippen LogP contribution in [0.15, 0.2) is 18.2 Å². The van der Waals surface area contributed by atoms with Crippen LogP contribution in [0.4, 0.5) is 5.69 Å². The number of aryl methyl sites for hydroxylation is 1. The van der Waals surface area contributed by atoms with Gasteiger partial charge in [0, 0.05) is 10.7 Å². The Hall–Kier alpha value is -1.67. The molecule has 0 bridgehead atoms. The Balaban J connectivity index is 2.47. The number of halogens is 1. The second-order valence-electron chi connectivity index (χ2n) is 5.00. The summed E-state index contributed by atoms with van der Waals surface area (Å²) >= 11 is 5.97. The van der Waals surface area contributed by atoms with Crippen LogP contribution in [0.5, 0.6) is 0 Å². The Morgan fingerprint density at radius 3 is 2.78 bits per heavy atom. The molecule has 0 saturated carbocycles. The number of rotatable bonds is 10. The number of carboxylic acids is 1. The molecule has 0 spiro atoms. The van der Waals surface area contributed by atoms with Crippen molar-refractivity contribution in [3.8, 4) is 0 Å². The van der Waals surface area contributed by atoms with Crippen LogP contribution in [-0.2, 0) is 14.3 Å². The fraction of sp³-hybridized carbons (Fsp3) is 0.467. The molecule has 1 amide bonds. The number of anilines is 1. The number of aliphatic carboxylic acids is 1. The van der Waals surface area contributed by atoms with Gasteiger partial charge in [-0.3, -0.25) is 4.79 Å². The van der Waals surface area contributed by atoms with Crippen molar-refractivity contribution in [1.29, 1.82) is 0 Å². The first-order valence-electron chi connectivity index (χ1n) is 7.23. The Kier molecular flexibility index (Phi) is 8.57. The quantitative estimate of drug-likeness (QED) is 0.455. The molecule has 0 aromatic heterocycles. The average Bonchev–Trinajstić information content (AvgIpc) is 2.49. The van der Waals surface area contributed by atoms with Crippen molar-refractivity contribution in [1.82, 2.24) is 0 Å². The largest absolute Gasteiger partial charge is 0.544 e. The van der Waals surface area contributed by atoms with Gasteiger partial charge in [0.15, 0.2) is 0 Å². The van der Waals surface area contributed by atoms with Crippen LogP contribution < -0.4 is 15.7 Å². The predicted octanol–water partition coefficient (Wildman–Crippen LogP) is -1.33. The van der Waals surface area contributed by atoms with Crippen molar-refractivity contribution in [2.75, 3.05) is 31.7 Å². The minimum Gasteiger partial charge on any atom is -0.544 e. The molecule has 0 aliphatic carbocycles. The van der Waals surface area contributed by atoms with Crippen molar-refractivity contribution in [2.45, 2.75) is 19.4 Å². The number of hydrogen-bond donors (Lipinski definition) is 3. The van der Waals surface area contributed by atoms with Gasteiger partial charge in [0.25, 0.3) is 0 Å². The number of carbonyl (C=O) groups excluding carboxylic acids is 2. The second kappa shape index (κ2) is 10.2. The van der Waals surface area contributed by atoms with Crippen LogP contribution in [-0.4, -0.2) is 49.4 Å². The number of ether oxygens (including phenoxy) is 1. The van der Waals surface area contributed by atoms with E-state index in [0.29, 0.717) is 17.3 Å². The molecule has 4 N–H and O–H groups in total. The van der Waals surface area contributed by atoms with Crippen LogP contribution in [0.1, 0.15) is 12.0 Å². The van der Waals surface area contributed by atoms with Gasteiger partial charge in [0.1, 0.15) is 6.04 Å². The van der Waals surface area contributed by atoms with E-state index >= 15 is 0 Å². The molecule has 1 aromatic rings. The first kappa shape index (κ1) is 19.4. The SMILES string of the molecule is Cc1ccc(NC(=O)C[C@H]([NH2+]CCOCCO)C(=O)[O-])cc1Cl. The number of aliphatic hydroxyl groups is 1. The third-order valence-electron chi connectivity index (χ3n) is 3.11. The lowest BCUT2D eigenvalue weighted by atomic mass is 10.2. The summed E-state index contributed by atoms with van der Waals surface area (Å²) in [4.78, 5) is 23.0. The molecule has 0 unspecified atom stereocenters. The molecule has 0 radical (unpaired) electrons. The summed E-state index contributed by atoms with van der Waals surface area (Å²) in [6.45, 7) is 2.57. The minimum absolute atomic E-state index is 0.0918. The number of carboxylic acid groups (broad SMARTS) is 1. The van der Waals surface area contributed by atoms with Crippen LogP contribution >= 0.6 is 11.6 Å². The number of quaternary nitrogens is 1. The number of nitrogens with two attached hydrogens (primary N) is 1. The Labute approximate surface area is 139 Å². The van der Waals surface area contributed by atoms with Crippen molar-refractivity contribution < 1.29 is 29.9 Å². The maximum Gasteiger partial charge on any atom is 0.230 e. The summed E-state index contributed by atoms with van der Waals surface area (Å²) in [6, 6.07) is 4.06. The van der Waals surface area contributed by atoms with Crippen LogP contribution in [0.2, 0.25) is 5.02 Å². The molecule has 0 aliphatic heterocycles. The van der Waals surface area contributed by atoms with Gasteiger partial charge in [0.2, 0.25) is 5.91 Å². The minimum atomic E-state index is -1.32. The lowest BCUT2D eigenvalue weighted by Gasteiger charge is -2.16. The molecular weight excluding hydrogens is 324 g/mol. The third kappa shape index (κ3) is 7.43. The highest BCUT2D eigenvalue weighted by Crippen LogP contribution is 2.19. The zero-order valence-corrected chi connectivity index (χ0v) is 13.6. The van der Waals surface area contributed by atoms with Gasteiger partial charge in [-0.05, 0) is 24.6 Å². The highest BCUT2D eigenvalue weighted by atomic mass is 35.5. The van der Waals surface area contributed by atoms with Gasteiger partial charge in [-0.2, -0.15) is 0 Å². The van der Waals surface area contributed by atoms with E-state index < -0.39 is 17.9 Å². The van der Waals surface area contributed by atoms with Crippen LogP contribution in [0, 0.1) is 6.92 Å². The van der Waals surface area contributed by atoms with E-state index in [1.165, 1.54) is 5.32 Å². The van der Waals surface area contributed by atoms with E-state index in [1.807, 2.05) is 6.92 Å². The number of hydrogen-bond acceptors (Lipinski definition) is 5. The fourth-order valence-corrected chi connectivity index (χ4v) is 2.04. The van der Waals surface area contributed by atoms with Gasteiger partial charge in [-0.1, -0.05) is 17.7 Å². The lowest BCUT2D eigenvalue weighted by Crippen LogP contribution is -2.94. The number of amides is 1. The molecule has 23 heavy (non-hydrogen) atoms. The third-order valence-corrected chi connectivity index (χ3v) is 3.52. The Bertz CT molecular complexity index is 539. The van der Waals surface area contributed by atoms with E-state index in [-0.39, 0.29) is 26.2 Å². The fourth-order valence-electron chi connectivity index (χ4n) is 1.86. The highest BCUT2D eigenvalue weighted by molar-refractivity contribution is 6.31. The van der Waals surface area contributed by atoms with Crippen molar-refractivity contribution >= 4 is 29.2 Å². The number of aliphatic hydroxyl groups excluding tert-OH is 1. The number of nitrogens with one attached hydrogen (secondary N) is 1. The molecule has 7 nitrogen and oxygen atoms in total. The first-order valence-corrected chi connectivity index (χ1v) is 7.60. The Morgan fingerprint density at radius 2 is 2.17 bits per heavy atom. The van der Waals surface area contributed by atoms with Gasteiger partial charge in [0.05, 0.1) is 38.8 Å². The molecule has 1 atom stereocenters.